The zero-order valence-electron chi connectivity index (χ0n) is 19.5. The molecule has 198 valence electrons. The molecule has 14 nitrogen and oxygen atoms in total. The van der Waals surface area contributed by atoms with Crippen molar-refractivity contribution in [1.82, 2.24) is 16.0 Å². The SMILES string of the molecule is CC(C)[C@H](O)[C@@]1(C(=O)SC[C@H](NC(=O)CC[C@H](N)C(=O)O)C(=O)NCC(=O)O)NC(=O)[C@H](C)[C@@H]1O. The van der Waals surface area contributed by atoms with E-state index in [9.17, 15) is 39.0 Å². The highest BCUT2D eigenvalue weighted by molar-refractivity contribution is 8.13. The number of carbonyl (C=O) groups is 6. The first-order valence-electron chi connectivity index (χ1n) is 10.8. The summed E-state index contributed by atoms with van der Waals surface area (Å²) in [4.78, 5) is 71.6. The van der Waals surface area contributed by atoms with Crippen molar-refractivity contribution >= 4 is 46.5 Å². The van der Waals surface area contributed by atoms with Gasteiger partial charge in [-0.25, -0.2) is 0 Å². The van der Waals surface area contributed by atoms with Crippen molar-refractivity contribution in [1.29, 1.82) is 0 Å². The molecule has 1 aliphatic heterocycles. The van der Waals surface area contributed by atoms with Crippen LogP contribution in [-0.2, 0) is 28.8 Å². The molecule has 0 aromatic heterocycles. The van der Waals surface area contributed by atoms with E-state index in [1.165, 1.54) is 6.92 Å². The Balaban J connectivity index is 3.04. The maximum Gasteiger partial charge on any atom is 0.322 e. The van der Waals surface area contributed by atoms with Gasteiger partial charge in [0.2, 0.25) is 22.8 Å². The Morgan fingerprint density at radius 2 is 1.80 bits per heavy atom. The number of carboxylic acid groups (broad SMARTS) is 2. The van der Waals surface area contributed by atoms with Gasteiger partial charge in [-0.2, -0.15) is 0 Å². The molecule has 0 aliphatic carbocycles. The largest absolute Gasteiger partial charge is 0.480 e. The van der Waals surface area contributed by atoms with Crippen molar-refractivity contribution in [3.63, 3.8) is 0 Å². The first kappa shape index (κ1) is 30.3. The number of aliphatic hydroxyl groups excluding tert-OH is 2. The lowest BCUT2D eigenvalue weighted by atomic mass is 9.81. The average Bonchev–Trinajstić information content (AvgIpc) is 3.02. The van der Waals surface area contributed by atoms with E-state index >= 15 is 0 Å². The summed E-state index contributed by atoms with van der Waals surface area (Å²) in [5.74, 6) is -7.03. The number of amides is 3. The highest BCUT2D eigenvalue weighted by Crippen LogP contribution is 2.36. The van der Waals surface area contributed by atoms with Crippen LogP contribution in [0.3, 0.4) is 0 Å². The quantitative estimate of drug-likeness (QED) is 0.121. The number of carboxylic acids is 2. The minimum absolute atomic E-state index is 0.240. The van der Waals surface area contributed by atoms with Crippen LogP contribution < -0.4 is 21.7 Å². The van der Waals surface area contributed by atoms with Gasteiger partial charge in [0.1, 0.15) is 18.6 Å². The van der Waals surface area contributed by atoms with Gasteiger partial charge >= 0.3 is 11.9 Å². The van der Waals surface area contributed by atoms with E-state index in [1.807, 2.05) is 0 Å². The van der Waals surface area contributed by atoms with Gasteiger partial charge in [-0.3, -0.25) is 28.8 Å². The molecule has 0 saturated carbocycles. The molecule has 1 rings (SSSR count). The Morgan fingerprint density at radius 3 is 2.26 bits per heavy atom. The summed E-state index contributed by atoms with van der Waals surface area (Å²) in [6.45, 7) is 3.78. The fourth-order valence-electron chi connectivity index (χ4n) is 3.42. The Labute approximate surface area is 205 Å². The maximum absolute atomic E-state index is 13.2. The normalized spacial score (nSPS) is 24.3. The first-order valence-corrected chi connectivity index (χ1v) is 11.8. The summed E-state index contributed by atoms with van der Waals surface area (Å²) in [6, 6.07) is -2.75. The second-order valence-electron chi connectivity index (χ2n) is 8.59. The number of hydrogen-bond acceptors (Lipinski definition) is 10. The number of nitrogens with two attached hydrogens (primary N) is 1. The summed E-state index contributed by atoms with van der Waals surface area (Å²) in [6.07, 6.45) is -3.65. The van der Waals surface area contributed by atoms with Gasteiger partial charge < -0.3 is 42.1 Å². The van der Waals surface area contributed by atoms with Crippen molar-refractivity contribution in [2.24, 2.45) is 17.6 Å². The van der Waals surface area contributed by atoms with E-state index in [-0.39, 0.29) is 12.8 Å². The Kier molecular flexibility index (Phi) is 11.1. The third kappa shape index (κ3) is 7.62. The molecular weight excluding hydrogens is 488 g/mol. The molecule has 1 saturated heterocycles. The fraction of sp³-hybridized carbons (Fsp3) is 0.700. The van der Waals surface area contributed by atoms with Crippen LogP contribution in [0.5, 0.6) is 0 Å². The minimum atomic E-state index is -2.06. The van der Waals surface area contributed by atoms with Crippen LogP contribution in [-0.4, -0.2) is 97.3 Å². The molecule has 1 aliphatic rings. The highest BCUT2D eigenvalue weighted by atomic mass is 32.2. The van der Waals surface area contributed by atoms with E-state index in [0.717, 1.165) is 0 Å². The summed E-state index contributed by atoms with van der Waals surface area (Å²) >= 11 is 0.453. The number of hydrogen-bond donors (Lipinski definition) is 8. The standard InChI is InChI=1S/C20H32N4O10S/c1-8(2)14(28)20(15(29)9(3)16(30)24-20)19(34)35-7-11(17(31)22-6-13(26)27)23-12(25)5-4-10(21)18(32)33/h8-11,14-15,28-29H,4-7,21H2,1-3H3,(H,22,31)(H,23,25)(H,24,30)(H,26,27)(H,32,33)/t9-,10+,11+,14+,15+,20-/m1/s1. The summed E-state index contributed by atoms with van der Waals surface area (Å²) in [7, 11) is 0. The summed E-state index contributed by atoms with van der Waals surface area (Å²) < 4.78 is 0. The summed E-state index contributed by atoms with van der Waals surface area (Å²) in [5, 5.41) is 44.8. The van der Waals surface area contributed by atoms with Gasteiger partial charge in [-0.05, 0) is 12.3 Å². The molecule has 0 aromatic carbocycles. The van der Waals surface area contributed by atoms with Crippen molar-refractivity contribution in [2.75, 3.05) is 12.3 Å². The van der Waals surface area contributed by atoms with E-state index < -0.39 is 88.7 Å². The number of rotatable bonds is 13. The molecule has 9 N–H and O–H groups in total. The van der Waals surface area contributed by atoms with E-state index in [1.54, 1.807) is 13.8 Å². The van der Waals surface area contributed by atoms with Gasteiger partial charge in [-0.15, -0.1) is 0 Å². The highest BCUT2D eigenvalue weighted by Gasteiger charge is 2.60. The minimum Gasteiger partial charge on any atom is -0.480 e. The van der Waals surface area contributed by atoms with Crippen LogP contribution in [0.4, 0.5) is 0 Å². The van der Waals surface area contributed by atoms with E-state index in [0.29, 0.717) is 11.8 Å². The van der Waals surface area contributed by atoms with Gasteiger partial charge in [0.25, 0.3) is 0 Å². The summed E-state index contributed by atoms with van der Waals surface area (Å²) in [5.41, 5.74) is 3.29. The number of thioether (sulfide) groups is 1. The lowest BCUT2D eigenvalue weighted by molar-refractivity contribution is -0.139. The Bertz CT molecular complexity index is 854. The molecule has 3 amide bonds. The van der Waals surface area contributed by atoms with Gasteiger partial charge in [0, 0.05) is 12.2 Å². The monoisotopic (exact) mass is 520 g/mol. The molecule has 1 heterocycles. The van der Waals surface area contributed by atoms with Crippen LogP contribution in [0.25, 0.3) is 0 Å². The van der Waals surface area contributed by atoms with Crippen molar-refractivity contribution in [3.8, 4) is 0 Å². The smallest absolute Gasteiger partial charge is 0.322 e. The van der Waals surface area contributed by atoms with Gasteiger partial charge in [0.05, 0.1) is 18.1 Å². The second-order valence-corrected chi connectivity index (χ2v) is 9.59. The topological polar surface area (TPSA) is 245 Å². The molecule has 15 heteroatoms. The number of carbonyl (C=O) groups excluding carboxylic acids is 4. The fourth-order valence-corrected chi connectivity index (χ4v) is 4.50. The van der Waals surface area contributed by atoms with Crippen molar-refractivity contribution < 1.29 is 49.2 Å². The Morgan fingerprint density at radius 1 is 1.20 bits per heavy atom. The molecule has 0 radical (unpaired) electrons. The van der Waals surface area contributed by atoms with E-state index in [4.69, 9.17) is 15.9 Å². The zero-order valence-corrected chi connectivity index (χ0v) is 20.3. The molecule has 1 fully saturated rings. The van der Waals surface area contributed by atoms with Gasteiger partial charge in [-0.1, -0.05) is 32.5 Å². The molecular formula is C20H32N4O10S. The molecule has 35 heavy (non-hydrogen) atoms. The number of aliphatic carboxylic acids is 2. The van der Waals surface area contributed by atoms with Crippen molar-refractivity contribution in [3.05, 3.63) is 0 Å². The number of nitrogens with one attached hydrogen (secondary N) is 3. The van der Waals surface area contributed by atoms with Crippen LogP contribution in [0.2, 0.25) is 0 Å². The van der Waals surface area contributed by atoms with Crippen LogP contribution >= 0.6 is 11.8 Å². The molecule has 0 bridgehead atoms. The van der Waals surface area contributed by atoms with E-state index in [2.05, 4.69) is 16.0 Å². The van der Waals surface area contributed by atoms with Gasteiger partial charge in [0.15, 0.2) is 5.54 Å². The maximum atomic E-state index is 13.2. The molecule has 0 unspecified atom stereocenters. The average molecular weight is 521 g/mol. The third-order valence-corrected chi connectivity index (χ3v) is 6.67. The van der Waals surface area contributed by atoms with Crippen LogP contribution in [0.15, 0.2) is 0 Å². The lowest BCUT2D eigenvalue weighted by Crippen LogP contribution is -2.64. The first-order chi connectivity index (χ1) is 16.1. The predicted molar refractivity (Wildman–Crippen MR) is 122 cm³/mol. The predicted octanol–water partition coefficient (Wildman–Crippen LogP) is -2.99. The molecule has 0 spiro atoms. The zero-order chi connectivity index (χ0) is 27.1. The van der Waals surface area contributed by atoms with Crippen LogP contribution in [0.1, 0.15) is 33.6 Å². The van der Waals surface area contributed by atoms with Crippen LogP contribution in [0, 0.1) is 11.8 Å². The molecule has 0 aromatic rings. The lowest BCUT2D eigenvalue weighted by Gasteiger charge is -2.37. The third-order valence-electron chi connectivity index (χ3n) is 5.57. The van der Waals surface area contributed by atoms with Crippen molar-refractivity contribution in [2.45, 2.75) is 63.4 Å². The second kappa shape index (κ2) is 12.8. The molecule has 6 atom stereocenters. The number of aliphatic hydroxyl groups is 2. The Hall–Kier alpha value is -2.75.